The highest BCUT2D eigenvalue weighted by Gasteiger charge is 2.21. The lowest BCUT2D eigenvalue weighted by Crippen LogP contribution is -2.05. The Kier molecular flexibility index (Phi) is 3.33. The van der Waals surface area contributed by atoms with Crippen molar-refractivity contribution in [1.29, 1.82) is 10.5 Å². The van der Waals surface area contributed by atoms with E-state index in [9.17, 15) is 14.9 Å². The zero-order chi connectivity index (χ0) is 15.6. The molecule has 2 rings (SSSR count). The van der Waals surface area contributed by atoms with Crippen LogP contribution in [0.4, 0.5) is 5.69 Å². The summed E-state index contributed by atoms with van der Waals surface area (Å²) in [7, 11) is 0. The van der Waals surface area contributed by atoms with Crippen LogP contribution in [0, 0.1) is 32.8 Å². The molecule has 1 aromatic heterocycles. The number of hydrogen-bond acceptors (Lipinski definition) is 6. The second kappa shape index (κ2) is 5.11. The van der Waals surface area contributed by atoms with Gasteiger partial charge in [0.1, 0.15) is 24.0 Å². The Balaban J connectivity index is 2.68. The fraction of sp³-hybridized carbons (Fsp3) is 0. The fourth-order valence-electron chi connectivity index (χ4n) is 1.73. The molecule has 0 saturated carbocycles. The van der Waals surface area contributed by atoms with Crippen molar-refractivity contribution in [2.75, 3.05) is 0 Å². The molecule has 2 aromatic rings. The molecule has 0 aliphatic carbocycles. The van der Waals surface area contributed by atoms with E-state index in [0.717, 1.165) is 18.5 Å². The molecule has 0 unspecified atom stereocenters. The zero-order valence-electron chi connectivity index (χ0n) is 10.2. The molecule has 0 saturated heterocycles. The maximum atomic E-state index is 10.9. The highest BCUT2D eigenvalue weighted by atomic mass is 16.6. The quantitative estimate of drug-likeness (QED) is 0.657. The second-order valence-corrected chi connectivity index (χ2v) is 3.80. The molecule has 9 heteroatoms. The van der Waals surface area contributed by atoms with E-state index in [2.05, 4.69) is 4.98 Å². The summed E-state index contributed by atoms with van der Waals surface area (Å²) in [6.07, 6.45) is 1.16. The lowest BCUT2D eigenvalue weighted by Gasteiger charge is -2.05. The first-order valence-corrected chi connectivity index (χ1v) is 5.39. The number of nitro groups is 1. The summed E-state index contributed by atoms with van der Waals surface area (Å²) in [4.78, 5) is 24.7. The van der Waals surface area contributed by atoms with Crippen molar-refractivity contribution in [3.05, 3.63) is 51.6 Å². The number of nitriles is 2. The van der Waals surface area contributed by atoms with Gasteiger partial charge in [0.25, 0.3) is 5.69 Å². The van der Waals surface area contributed by atoms with Gasteiger partial charge in [-0.05, 0) is 12.1 Å². The van der Waals surface area contributed by atoms with Gasteiger partial charge in [-0.1, -0.05) is 0 Å². The minimum absolute atomic E-state index is 0.0881. The van der Waals surface area contributed by atoms with Gasteiger partial charge in [0.15, 0.2) is 11.4 Å². The van der Waals surface area contributed by atoms with Gasteiger partial charge in [0.2, 0.25) is 0 Å². The number of benzene rings is 1. The largest absolute Gasteiger partial charge is 0.477 e. The SMILES string of the molecule is N#Cc1ncn(-c2ccc(C(=O)O)c([N+](=O)[O-])c2)c1C#N. The van der Waals surface area contributed by atoms with Crippen LogP contribution in [0.15, 0.2) is 24.5 Å². The minimum Gasteiger partial charge on any atom is -0.477 e. The van der Waals surface area contributed by atoms with Crippen molar-refractivity contribution >= 4 is 11.7 Å². The maximum absolute atomic E-state index is 10.9. The summed E-state index contributed by atoms with van der Waals surface area (Å²) >= 11 is 0. The Hall–Kier alpha value is -3.72. The number of rotatable bonds is 3. The highest BCUT2D eigenvalue weighted by Crippen LogP contribution is 2.24. The minimum atomic E-state index is -1.43. The van der Waals surface area contributed by atoms with Crippen molar-refractivity contribution in [3.8, 4) is 17.8 Å². The monoisotopic (exact) mass is 283 g/mol. The van der Waals surface area contributed by atoms with E-state index in [1.165, 1.54) is 10.6 Å². The average molecular weight is 283 g/mol. The van der Waals surface area contributed by atoms with Crippen LogP contribution in [0.3, 0.4) is 0 Å². The van der Waals surface area contributed by atoms with Gasteiger partial charge in [0, 0.05) is 6.07 Å². The van der Waals surface area contributed by atoms with Crippen LogP contribution in [0.2, 0.25) is 0 Å². The van der Waals surface area contributed by atoms with Crippen LogP contribution in [-0.2, 0) is 0 Å². The molecule has 1 aromatic carbocycles. The Morgan fingerprint density at radius 3 is 2.62 bits per heavy atom. The molecule has 0 spiro atoms. The normalized spacial score (nSPS) is 9.62. The van der Waals surface area contributed by atoms with Gasteiger partial charge in [-0.15, -0.1) is 0 Å². The Labute approximate surface area is 117 Å². The lowest BCUT2D eigenvalue weighted by atomic mass is 10.1. The Morgan fingerprint density at radius 1 is 1.38 bits per heavy atom. The number of carboxylic acid groups (broad SMARTS) is 1. The molecule has 102 valence electrons. The van der Waals surface area contributed by atoms with Crippen LogP contribution in [0.1, 0.15) is 21.7 Å². The summed E-state index contributed by atoms with van der Waals surface area (Å²) in [5.41, 5.74) is -1.13. The van der Waals surface area contributed by atoms with Gasteiger partial charge in [-0.2, -0.15) is 10.5 Å². The Bertz CT molecular complexity index is 840. The van der Waals surface area contributed by atoms with E-state index < -0.39 is 22.1 Å². The van der Waals surface area contributed by atoms with Crippen molar-refractivity contribution < 1.29 is 14.8 Å². The van der Waals surface area contributed by atoms with Gasteiger partial charge in [0.05, 0.1) is 10.6 Å². The van der Waals surface area contributed by atoms with E-state index in [1.54, 1.807) is 12.1 Å². The van der Waals surface area contributed by atoms with Gasteiger partial charge in [-0.25, -0.2) is 9.78 Å². The second-order valence-electron chi connectivity index (χ2n) is 3.80. The van der Waals surface area contributed by atoms with Crippen LogP contribution in [-0.4, -0.2) is 25.6 Å². The molecule has 21 heavy (non-hydrogen) atoms. The molecule has 0 bridgehead atoms. The summed E-state index contributed by atoms with van der Waals surface area (Å²) < 4.78 is 1.18. The third-order valence-corrected chi connectivity index (χ3v) is 2.67. The highest BCUT2D eigenvalue weighted by molar-refractivity contribution is 5.92. The molecule has 0 amide bonds. The number of nitro benzene ring substituents is 1. The first kappa shape index (κ1) is 13.7. The van der Waals surface area contributed by atoms with Crippen molar-refractivity contribution in [2.24, 2.45) is 0 Å². The first-order chi connectivity index (χ1) is 9.99. The number of aromatic carboxylic acids is 1. The number of carbonyl (C=O) groups is 1. The van der Waals surface area contributed by atoms with Gasteiger partial charge < -0.3 is 5.11 Å². The molecule has 0 fully saturated rings. The molecule has 1 heterocycles. The number of nitrogens with zero attached hydrogens (tertiary/aromatic N) is 5. The summed E-state index contributed by atoms with van der Waals surface area (Å²) in [6, 6.07) is 6.85. The Morgan fingerprint density at radius 2 is 2.10 bits per heavy atom. The van der Waals surface area contributed by atoms with E-state index in [-0.39, 0.29) is 17.1 Å². The molecular weight excluding hydrogens is 278 g/mol. The molecule has 0 aliphatic rings. The van der Waals surface area contributed by atoms with Crippen LogP contribution >= 0.6 is 0 Å². The smallest absolute Gasteiger partial charge is 0.342 e. The predicted molar refractivity (Wildman–Crippen MR) is 66.6 cm³/mol. The fourth-order valence-corrected chi connectivity index (χ4v) is 1.73. The van der Waals surface area contributed by atoms with Gasteiger partial charge >= 0.3 is 5.97 Å². The van der Waals surface area contributed by atoms with Crippen molar-refractivity contribution in [1.82, 2.24) is 9.55 Å². The number of hydrogen-bond donors (Lipinski definition) is 1. The van der Waals surface area contributed by atoms with E-state index >= 15 is 0 Å². The first-order valence-electron chi connectivity index (χ1n) is 5.39. The van der Waals surface area contributed by atoms with E-state index in [1.807, 2.05) is 0 Å². The average Bonchev–Trinajstić information content (AvgIpc) is 2.89. The van der Waals surface area contributed by atoms with Crippen molar-refractivity contribution in [2.45, 2.75) is 0 Å². The summed E-state index contributed by atoms with van der Waals surface area (Å²) in [6.45, 7) is 0. The number of imidazole rings is 1. The van der Waals surface area contributed by atoms with E-state index in [4.69, 9.17) is 15.6 Å². The van der Waals surface area contributed by atoms with Crippen molar-refractivity contribution in [3.63, 3.8) is 0 Å². The molecule has 0 radical (unpaired) electrons. The van der Waals surface area contributed by atoms with Gasteiger partial charge in [-0.3, -0.25) is 14.7 Å². The molecule has 0 atom stereocenters. The molecule has 1 N–H and O–H groups in total. The third kappa shape index (κ3) is 2.27. The van der Waals surface area contributed by atoms with Crippen LogP contribution in [0.25, 0.3) is 5.69 Å². The molecule has 9 nitrogen and oxygen atoms in total. The third-order valence-electron chi connectivity index (χ3n) is 2.67. The topological polar surface area (TPSA) is 146 Å². The summed E-state index contributed by atoms with van der Waals surface area (Å²) in [5, 5.41) is 37.6. The van der Waals surface area contributed by atoms with Crippen LogP contribution < -0.4 is 0 Å². The molecular formula is C12H5N5O4. The number of aromatic nitrogens is 2. The predicted octanol–water partition coefficient (Wildman–Crippen LogP) is 1.22. The maximum Gasteiger partial charge on any atom is 0.342 e. The summed E-state index contributed by atoms with van der Waals surface area (Å²) in [5.74, 6) is -1.43. The van der Waals surface area contributed by atoms with Crippen LogP contribution in [0.5, 0.6) is 0 Å². The lowest BCUT2D eigenvalue weighted by molar-refractivity contribution is -0.385. The number of carboxylic acids is 1. The zero-order valence-corrected chi connectivity index (χ0v) is 10.2. The standard InChI is InChI=1S/C12H5N5O4/c13-4-9-11(5-14)16(6-15-9)7-1-2-8(12(18)19)10(3-7)17(20)21/h1-3,6H,(H,18,19). The molecule has 0 aliphatic heterocycles. The van der Waals surface area contributed by atoms with E-state index in [0.29, 0.717) is 0 Å².